The molecule has 3 atom stereocenters. The Balaban J connectivity index is 2.20. The largest absolute Gasteiger partial charge is 0.391 e. The third-order valence-corrected chi connectivity index (χ3v) is 3.44. The quantitative estimate of drug-likeness (QED) is 0.638. The molecule has 0 spiro atoms. The van der Waals surface area contributed by atoms with Gasteiger partial charge >= 0.3 is 0 Å². The van der Waals surface area contributed by atoms with Crippen molar-refractivity contribution >= 4 is 0 Å². The molecule has 1 N–H and O–H groups in total. The van der Waals surface area contributed by atoms with Gasteiger partial charge in [-0.1, -0.05) is 0 Å². The second-order valence-electron chi connectivity index (χ2n) is 4.13. The predicted octanol–water partition coefficient (Wildman–Crippen LogP) is 0.944. The summed E-state index contributed by atoms with van der Waals surface area (Å²) in [6.07, 6.45) is 1.49. The summed E-state index contributed by atoms with van der Waals surface area (Å²) < 4.78 is 13.1. The number of halogens is 1. The van der Waals surface area contributed by atoms with E-state index >= 15 is 0 Å². The zero-order valence-corrected chi connectivity index (χ0v) is 7.46. The molecule has 0 amide bonds. The van der Waals surface area contributed by atoms with E-state index in [9.17, 15) is 9.50 Å². The zero-order chi connectivity index (χ0) is 8.77. The van der Waals surface area contributed by atoms with Gasteiger partial charge in [0, 0.05) is 18.5 Å². The highest BCUT2D eigenvalue weighted by molar-refractivity contribution is 5.06. The summed E-state index contributed by atoms with van der Waals surface area (Å²) in [5.41, 5.74) is -0.209. The molecule has 2 aliphatic heterocycles. The van der Waals surface area contributed by atoms with Crippen molar-refractivity contribution in [2.75, 3.05) is 13.1 Å². The summed E-state index contributed by atoms with van der Waals surface area (Å²) in [4.78, 5) is 2.13. The van der Waals surface area contributed by atoms with E-state index in [0.717, 1.165) is 19.4 Å². The van der Waals surface area contributed by atoms with E-state index < -0.39 is 6.17 Å². The molecule has 0 bridgehead atoms. The van der Waals surface area contributed by atoms with E-state index in [1.165, 1.54) is 0 Å². The van der Waals surface area contributed by atoms with Crippen LogP contribution in [-0.2, 0) is 0 Å². The third-order valence-electron chi connectivity index (χ3n) is 3.44. The molecule has 3 heteroatoms. The molecule has 2 heterocycles. The Morgan fingerprint density at radius 1 is 1.67 bits per heavy atom. The van der Waals surface area contributed by atoms with Gasteiger partial charge in [0.1, 0.15) is 6.17 Å². The highest BCUT2D eigenvalue weighted by Crippen LogP contribution is 2.42. The Bertz CT molecular complexity index is 185. The van der Waals surface area contributed by atoms with Crippen LogP contribution in [0.5, 0.6) is 0 Å². The number of aliphatic hydroxyl groups excluding tert-OH is 1. The maximum absolute atomic E-state index is 13.1. The molecule has 0 unspecified atom stereocenters. The molecule has 0 aromatic rings. The van der Waals surface area contributed by atoms with Crippen molar-refractivity contribution in [2.45, 2.75) is 44.0 Å². The number of aliphatic hydroxyl groups is 1. The third kappa shape index (κ3) is 0.995. The smallest absolute Gasteiger partial charge is 0.115 e. The standard InChI is InChI=1S/C9H16FNO/c1-7(12)9-3-2-4-11(9)6-8(10)5-9/h7-8,12H,2-6H2,1H3/t7-,8+,9-/m0/s1. The molecule has 0 aliphatic carbocycles. The lowest BCUT2D eigenvalue weighted by atomic mass is 9.88. The van der Waals surface area contributed by atoms with Crippen molar-refractivity contribution in [3.8, 4) is 0 Å². The van der Waals surface area contributed by atoms with Gasteiger partial charge in [-0.3, -0.25) is 4.90 Å². The molecule has 12 heavy (non-hydrogen) atoms. The highest BCUT2D eigenvalue weighted by Gasteiger charge is 2.51. The number of alkyl halides is 1. The maximum atomic E-state index is 13.1. The van der Waals surface area contributed by atoms with Gasteiger partial charge < -0.3 is 5.11 Å². The number of hydrogen-bond acceptors (Lipinski definition) is 2. The maximum Gasteiger partial charge on any atom is 0.115 e. The van der Waals surface area contributed by atoms with Gasteiger partial charge in [-0.25, -0.2) is 4.39 Å². The van der Waals surface area contributed by atoms with Crippen LogP contribution in [0.25, 0.3) is 0 Å². The SMILES string of the molecule is C[C@H](O)[C@@]12CCCN1C[C@H](F)C2. The molecule has 2 rings (SSSR count). The van der Waals surface area contributed by atoms with Crippen LogP contribution in [0.2, 0.25) is 0 Å². The average Bonchev–Trinajstić information content (AvgIpc) is 2.42. The first-order chi connectivity index (χ1) is 5.65. The molecular weight excluding hydrogens is 157 g/mol. The Morgan fingerprint density at radius 3 is 3.00 bits per heavy atom. The Labute approximate surface area is 72.4 Å². The van der Waals surface area contributed by atoms with Crippen LogP contribution in [0.3, 0.4) is 0 Å². The lowest BCUT2D eigenvalue weighted by Gasteiger charge is -2.34. The second kappa shape index (κ2) is 2.67. The van der Waals surface area contributed by atoms with Crippen molar-refractivity contribution in [3.05, 3.63) is 0 Å². The molecule has 2 aliphatic rings. The van der Waals surface area contributed by atoms with E-state index in [0.29, 0.717) is 13.0 Å². The zero-order valence-electron chi connectivity index (χ0n) is 7.46. The normalized spacial score (nSPS) is 44.8. The molecule has 0 radical (unpaired) electrons. The molecule has 0 saturated carbocycles. The Morgan fingerprint density at radius 2 is 2.42 bits per heavy atom. The predicted molar refractivity (Wildman–Crippen MR) is 44.7 cm³/mol. The lowest BCUT2D eigenvalue weighted by Crippen LogP contribution is -2.47. The fourth-order valence-corrected chi connectivity index (χ4v) is 2.79. The highest BCUT2D eigenvalue weighted by atomic mass is 19.1. The van der Waals surface area contributed by atoms with Gasteiger partial charge in [-0.2, -0.15) is 0 Å². The summed E-state index contributed by atoms with van der Waals surface area (Å²) in [6.45, 7) is 3.28. The molecule has 2 fully saturated rings. The number of hydrogen-bond donors (Lipinski definition) is 1. The fourth-order valence-electron chi connectivity index (χ4n) is 2.79. The van der Waals surface area contributed by atoms with Crippen molar-refractivity contribution in [2.24, 2.45) is 0 Å². The van der Waals surface area contributed by atoms with E-state index in [2.05, 4.69) is 4.90 Å². The van der Waals surface area contributed by atoms with Gasteiger partial charge in [-0.15, -0.1) is 0 Å². The molecular formula is C9H16FNO. The average molecular weight is 173 g/mol. The van der Waals surface area contributed by atoms with Crippen molar-refractivity contribution in [1.82, 2.24) is 4.90 Å². The minimum Gasteiger partial charge on any atom is -0.391 e. The molecule has 70 valence electrons. The first-order valence-corrected chi connectivity index (χ1v) is 4.72. The summed E-state index contributed by atoms with van der Waals surface area (Å²) in [5.74, 6) is 0. The Hall–Kier alpha value is -0.150. The summed E-state index contributed by atoms with van der Waals surface area (Å²) in [6, 6.07) is 0. The topological polar surface area (TPSA) is 23.5 Å². The van der Waals surface area contributed by atoms with E-state index in [-0.39, 0.29) is 11.6 Å². The lowest BCUT2D eigenvalue weighted by molar-refractivity contribution is 0.0289. The summed E-state index contributed by atoms with van der Waals surface area (Å²) in [7, 11) is 0. The Kier molecular flexibility index (Phi) is 1.88. The van der Waals surface area contributed by atoms with Crippen LogP contribution >= 0.6 is 0 Å². The van der Waals surface area contributed by atoms with Crippen molar-refractivity contribution in [1.29, 1.82) is 0 Å². The molecule has 0 aromatic heterocycles. The van der Waals surface area contributed by atoms with E-state index in [4.69, 9.17) is 0 Å². The first kappa shape index (κ1) is 8.45. The minimum atomic E-state index is -0.722. The van der Waals surface area contributed by atoms with Crippen LogP contribution < -0.4 is 0 Å². The first-order valence-electron chi connectivity index (χ1n) is 4.72. The van der Waals surface area contributed by atoms with Crippen LogP contribution in [-0.4, -0.2) is 40.9 Å². The van der Waals surface area contributed by atoms with Gasteiger partial charge in [0.2, 0.25) is 0 Å². The molecule has 0 aromatic carbocycles. The number of fused-ring (bicyclic) bond motifs is 1. The van der Waals surface area contributed by atoms with Crippen molar-refractivity contribution < 1.29 is 9.50 Å². The van der Waals surface area contributed by atoms with Gasteiger partial charge in [0.05, 0.1) is 6.10 Å². The summed E-state index contributed by atoms with van der Waals surface area (Å²) >= 11 is 0. The van der Waals surface area contributed by atoms with Gasteiger partial charge in [0.25, 0.3) is 0 Å². The van der Waals surface area contributed by atoms with Crippen LogP contribution in [0, 0.1) is 0 Å². The van der Waals surface area contributed by atoms with Crippen molar-refractivity contribution in [3.63, 3.8) is 0 Å². The minimum absolute atomic E-state index is 0.209. The summed E-state index contributed by atoms with van der Waals surface area (Å²) in [5, 5.41) is 9.62. The van der Waals surface area contributed by atoms with Gasteiger partial charge in [-0.05, 0) is 26.3 Å². The monoisotopic (exact) mass is 173 g/mol. The van der Waals surface area contributed by atoms with Gasteiger partial charge in [0.15, 0.2) is 0 Å². The second-order valence-corrected chi connectivity index (χ2v) is 4.13. The van der Waals surface area contributed by atoms with E-state index in [1.54, 1.807) is 6.92 Å². The number of nitrogens with zero attached hydrogens (tertiary/aromatic N) is 1. The van der Waals surface area contributed by atoms with Crippen LogP contribution in [0.4, 0.5) is 4.39 Å². The van der Waals surface area contributed by atoms with Crippen LogP contribution in [0.15, 0.2) is 0 Å². The van der Waals surface area contributed by atoms with E-state index in [1.807, 2.05) is 0 Å². The fraction of sp³-hybridized carbons (Fsp3) is 1.00. The molecule has 2 saturated heterocycles. The number of rotatable bonds is 1. The molecule has 2 nitrogen and oxygen atoms in total. The van der Waals surface area contributed by atoms with Crippen LogP contribution in [0.1, 0.15) is 26.2 Å².